The zero-order chi connectivity index (χ0) is 17.1. The van der Waals surface area contributed by atoms with Crippen LogP contribution >= 0.6 is 0 Å². The van der Waals surface area contributed by atoms with E-state index in [9.17, 15) is 31.1 Å². The molecule has 0 aliphatic rings. The van der Waals surface area contributed by atoms with E-state index in [4.69, 9.17) is 5.26 Å². The molecule has 0 radical (unpaired) electrons. The Morgan fingerprint density at radius 1 is 1.23 bits per heavy atom. The molecular formula is C12H7F6NO3. The van der Waals surface area contributed by atoms with Gasteiger partial charge in [-0.1, -0.05) is 0 Å². The van der Waals surface area contributed by atoms with Gasteiger partial charge in [-0.2, -0.15) is 18.4 Å². The highest BCUT2D eigenvalue weighted by Crippen LogP contribution is 2.41. The molecule has 1 rings (SSSR count). The van der Waals surface area contributed by atoms with E-state index in [1.807, 2.05) is 0 Å². The molecule has 0 atom stereocenters. The number of nitriles is 1. The standard InChI is InChI=1S/C12H7F6NO3/c1-2-21-10(20)7-3-6(5-19)4-8(22-12(16,17)18)9(7)11(13,14)15/h3-4H,2H2,1H3. The normalized spacial score (nSPS) is 11.7. The van der Waals surface area contributed by atoms with Gasteiger partial charge in [0.2, 0.25) is 0 Å². The lowest BCUT2D eigenvalue weighted by Gasteiger charge is -2.18. The highest BCUT2D eigenvalue weighted by molar-refractivity contribution is 5.92. The first kappa shape index (κ1) is 17.6. The molecule has 0 saturated heterocycles. The number of halogens is 6. The molecule has 1 aromatic carbocycles. The molecule has 120 valence electrons. The van der Waals surface area contributed by atoms with Crippen molar-refractivity contribution >= 4 is 5.97 Å². The van der Waals surface area contributed by atoms with Crippen LogP contribution in [0.3, 0.4) is 0 Å². The Morgan fingerprint density at radius 3 is 2.23 bits per heavy atom. The van der Waals surface area contributed by atoms with E-state index in [1.54, 1.807) is 0 Å². The van der Waals surface area contributed by atoms with Gasteiger partial charge in [0.1, 0.15) is 11.3 Å². The maximum absolute atomic E-state index is 13.0. The molecule has 10 heteroatoms. The van der Waals surface area contributed by atoms with Crippen LogP contribution < -0.4 is 4.74 Å². The molecule has 1 aromatic rings. The fourth-order valence-electron chi connectivity index (χ4n) is 1.55. The van der Waals surface area contributed by atoms with Crippen molar-refractivity contribution in [1.82, 2.24) is 0 Å². The Morgan fingerprint density at radius 2 is 1.82 bits per heavy atom. The van der Waals surface area contributed by atoms with Crippen LogP contribution in [0.5, 0.6) is 5.75 Å². The smallest absolute Gasteiger partial charge is 0.462 e. The third kappa shape index (κ3) is 4.28. The minimum atomic E-state index is -5.43. The van der Waals surface area contributed by atoms with Gasteiger partial charge in [0, 0.05) is 0 Å². The minimum absolute atomic E-state index is 0.249. The van der Waals surface area contributed by atoms with Crippen LogP contribution in [0, 0.1) is 11.3 Å². The summed E-state index contributed by atoms with van der Waals surface area (Å²) in [6.07, 6.45) is -10.8. The number of rotatable bonds is 3. The van der Waals surface area contributed by atoms with Crippen molar-refractivity contribution < 1.29 is 40.6 Å². The van der Waals surface area contributed by atoms with Crippen LogP contribution in [0.2, 0.25) is 0 Å². The van der Waals surface area contributed by atoms with E-state index in [-0.39, 0.29) is 12.7 Å². The number of hydrogen-bond donors (Lipinski definition) is 0. The average molecular weight is 327 g/mol. The third-order valence-electron chi connectivity index (χ3n) is 2.24. The van der Waals surface area contributed by atoms with E-state index in [1.165, 1.54) is 13.0 Å². The molecule has 22 heavy (non-hydrogen) atoms. The lowest BCUT2D eigenvalue weighted by atomic mass is 10.0. The van der Waals surface area contributed by atoms with Gasteiger partial charge < -0.3 is 9.47 Å². The molecule has 0 aromatic heterocycles. The van der Waals surface area contributed by atoms with E-state index in [2.05, 4.69) is 9.47 Å². The first-order valence-corrected chi connectivity index (χ1v) is 5.57. The number of esters is 1. The van der Waals surface area contributed by atoms with Crippen molar-refractivity contribution in [3.8, 4) is 11.8 Å². The largest absolute Gasteiger partial charge is 0.573 e. The molecule has 0 fully saturated rings. The maximum Gasteiger partial charge on any atom is 0.573 e. The number of carbonyl (C=O) groups is 1. The molecule has 0 saturated carbocycles. The van der Waals surface area contributed by atoms with E-state index in [0.29, 0.717) is 6.07 Å². The quantitative estimate of drug-likeness (QED) is 0.628. The van der Waals surface area contributed by atoms with E-state index < -0.39 is 40.9 Å². The topological polar surface area (TPSA) is 59.3 Å². The lowest BCUT2D eigenvalue weighted by Crippen LogP contribution is -2.23. The summed E-state index contributed by atoms with van der Waals surface area (Å²) >= 11 is 0. The van der Waals surface area contributed by atoms with Crippen molar-refractivity contribution in [1.29, 1.82) is 5.26 Å². The molecule has 4 nitrogen and oxygen atoms in total. The van der Waals surface area contributed by atoms with Crippen molar-refractivity contribution in [3.63, 3.8) is 0 Å². The summed E-state index contributed by atoms with van der Waals surface area (Å²) in [4.78, 5) is 11.5. The Labute approximate surface area is 119 Å². The summed E-state index contributed by atoms with van der Waals surface area (Å²) < 4.78 is 83.3. The second-order valence-corrected chi connectivity index (χ2v) is 3.77. The van der Waals surface area contributed by atoms with Crippen molar-refractivity contribution in [3.05, 3.63) is 28.8 Å². The zero-order valence-corrected chi connectivity index (χ0v) is 10.8. The number of nitrogens with zero attached hydrogens (tertiary/aromatic N) is 1. The molecule has 0 amide bonds. The molecule has 0 aliphatic carbocycles. The Hall–Kier alpha value is -2.44. The number of benzene rings is 1. The maximum atomic E-state index is 13.0. The lowest BCUT2D eigenvalue weighted by molar-refractivity contribution is -0.276. The Bertz CT molecular complexity index is 615. The minimum Gasteiger partial charge on any atom is -0.462 e. The summed E-state index contributed by atoms with van der Waals surface area (Å²) in [7, 11) is 0. The number of ether oxygens (including phenoxy) is 2. The van der Waals surface area contributed by atoms with Crippen LogP contribution in [0.25, 0.3) is 0 Å². The summed E-state index contributed by atoms with van der Waals surface area (Å²) in [5, 5.41) is 8.67. The van der Waals surface area contributed by atoms with Crippen LogP contribution in [0.15, 0.2) is 12.1 Å². The summed E-state index contributed by atoms with van der Waals surface area (Å²) in [5.41, 5.74) is -3.80. The highest BCUT2D eigenvalue weighted by Gasteiger charge is 2.43. The summed E-state index contributed by atoms with van der Waals surface area (Å²) in [6, 6.07) is 2.09. The molecule has 0 N–H and O–H groups in total. The SMILES string of the molecule is CCOC(=O)c1cc(C#N)cc(OC(F)(F)F)c1C(F)(F)F. The monoisotopic (exact) mass is 327 g/mol. The van der Waals surface area contributed by atoms with Crippen molar-refractivity contribution in [2.24, 2.45) is 0 Å². The van der Waals surface area contributed by atoms with Gasteiger partial charge in [-0.15, -0.1) is 13.2 Å². The summed E-state index contributed by atoms with van der Waals surface area (Å²) in [6.45, 7) is 0.995. The van der Waals surface area contributed by atoms with Gasteiger partial charge in [-0.05, 0) is 19.1 Å². The molecule has 0 unspecified atom stereocenters. The third-order valence-corrected chi connectivity index (χ3v) is 2.24. The van der Waals surface area contributed by atoms with Crippen LogP contribution in [-0.2, 0) is 10.9 Å². The Kier molecular flexibility index (Phi) is 4.91. The molecule has 0 aliphatic heterocycles. The first-order valence-electron chi connectivity index (χ1n) is 5.57. The van der Waals surface area contributed by atoms with Gasteiger partial charge in [0.25, 0.3) is 0 Å². The Balaban J connectivity index is 3.63. The summed E-state index contributed by atoms with van der Waals surface area (Å²) in [5.74, 6) is -3.21. The zero-order valence-electron chi connectivity index (χ0n) is 10.8. The second-order valence-electron chi connectivity index (χ2n) is 3.77. The number of alkyl halides is 6. The van der Waals surface area contributed by atoms with Crippen molar-refractivity contribution in [2.75, 3.05) is 6.61 Å². The van der Waals surface area contributed by atoms with Gasteiger partial charge >= 0.3 is 18.5 Å². The molecular weight excluding hydrogens is 320 g/mol. The van der Waals surface area contributed by atoms with Crippen LogP contribution in [0.4, 0.5) is 26.3 Å². The van der Waals surface area contributed by atoms with Gasteiger partial charge in [0.05, 0.1) is 23.8 Å². The number of hydrogen-bond acceptors (Lipinski definition) is 4. The molecule has 0 heterocycles. The van der Waals surface area contributed by atoms with Gasteiger partial charge in [-0.25, -0.2) is 4.79 Å². The predicted molar refractivity (Wildman–Crippen MR) is 58.8 cm³/mol. The fourth-order valence-corrected chi connectivity index (χ4v) is 1.55. The predicted octanol–water partition coefficient (Wildman–Crippen LogP) is 3.65. The molecule has 0 spiro atoms. The van der Waals surface area contributed by atoms with Crippen LogP contribution in [-0.4, -0.2) is 18.9 Å². The van der Waals surface area contributed by atoms with E-state index in [0.717, 1.165) is 0 Å². The number of carbonyl (C=O) groups excluding carboxylic acids is 1. The molecule has 0 bridgehead atoms. The second kappa shape index (κ2) is 6.13. The van der Waals surface area contributed by atoms with Crippen LogP contribution in [0.1, 0.15) is 28.4 Å². The van der Waals surface area contributed by atoms with Crippen molar-refractivity contribution in [2.45, 2.75) is 19.5 Å². The first-order chi connectivity index (χ1) is 9.99. The van der Waals surface area contributed by atoms with Gasteiger partial charge in [0.15, 0.2) is 0 Å². The van der Waals surface area contributed by atoms with Gasteiger partial charge in [-0.3, -0.25) is 0 Å². The van der Waals surface area contributed by atoms with E-state index >= 15 is 0 Å². The highest BCUT2D eigenvalue weighted by atomic mass is 19.4. The fraction of sp³-hybridized carbons (Fsp3) is 0.333. The average Bonchev–Trinajstić information content (AvgIpc) is 2.34.